The van der Waals surface area contributed by atoms with Crippen LogP contribution in [0.1, 0.15) is 36.7 Å². The van der Waals surface area contributed by atoms with Crippen LogP contribution in [0.3, 0.4) is 0 Å². The van der Waals surface area contributed by atoms with Gasteiger partial charge in [0.2, 0.25) is 6.79 Å². The first-order chi connectivity index (χ1) is 12.9. The van der Waals surface area contributed by atoms with Crippen molar-refractivity contribution in [3.05, 3.63) is 47.5 Å². The average Bonchev–Trinajstić information content (AvgIpc) is 3.31. The molecule has 1 aromatic heterocycles. The molecule has 0 aliphatic carbocycles. The lowest BCUT2D eigenvalue weighted by molar-refractivity contribution is 0.0622. The molecule has 0 unspecified atom stereocenters. The van der Waals surface area contributed by atoms with Gasteiger partial charge in [0.1, 0.15) is 5.52 Å². The molecule has 7 nitrogen and oxygen atoms in total. The van der Waals surface area contributed by atoms with Crippen molar-refractivity contribution in [2.75, 3.05) is 13.8 Å². The van der Waals surface area contributed by atoms with E-state index in [-0.39, 0.29) is 12.7 Å². The summed E-state index contributed by atoms with van der Waals surface area (Å²) in [6.07, 6.45) is 0. The number of benzene rings is 2. The standard InChI is InChI=1S/C20H22N4O3/c1-5-24-16-8-6-13(10-15(16)21-22-24)19(25)23(4)20(2,3)14-7-9-17-18(11-14)27-12-26-17/h6-11H,5,12H2,1-4H3. The molecule has 1 aliphatic heterocycles. The zero-order chi connectivity index (χ0) is 19.2. The molecule has 1 aliphatic rings. The lowest BCUT2D eigenvalue weighted by Crippen LogP contribution is -2.42. The normalized spacial score (nSPS) is 13.2. The number of hydrogen-bond acceptors (Lipinski definition) is 5. The van der Waals surface area contributed by atoms with E-state index in [4.69, 9.17) is 9.47 Å². The number of carbonyl (C=O) groups is 1. The van der Waals surface area contributed by atoms with E-state index in [1.165, 1.54) is 0 Å². The molecular weight excluding hydrogens is 344 g/mol. The maximum Gasteiger partial charge on any atom is 0.254 e. The lowest BCUT2D eigenvalue weighted by atomic mass is 9.91. The SMILES string of the molecule is CCn1nnc2cc(C(=O)N(C)C(C)(C)c3ccc4c(c3)OCO4)ccc21. The predicted octanol–water partition coefficient (Wildman–Crippen LogP) is 3.19. The molecule has 27 heavy (non-hydrogen) atoms. The van der Waals surface area contributed by atoms with Gasteiger partial charge in [-0.05, 0) is 56.7 Å². The van der Waals surface area contributed by atoms with E-state index in [2.05, 4.69) is 10.3 Å². The number of carbonyl (C=O) groups excluding carboxylic acids is 1. The van der Waals surface area contributed by atoms with E-state index in [0.717, 1.165) is 28.9 Å². The molecule has 0 spiro atoms. The van der Waals surface area contributed by atoms with Gasteiger partial charge in [0, 0.05) is 19.2 Å². The predicted molar refractivity (Wildman–Crippen MR) is 101 cm³/mol. The van der Waals surface area contributed by atoms with Crippen molar-refractivity contribution in [2.24, 2.45) is 0 Å². The smallest absolute Gasteiger partial charge is 0.254 e. The number of aromatic nitrogens is 3. The van der Waals surface area contributed by atoms with Gasteiger partial charge in [-0.1, -0.05) is 11.3 Å². The minimum absolute atomic E-state index is 0.0781. The summed E-state index contributed by atoms with van der Waals surface area (Å²) in [5, 5.41) is 8.27. The van der Waals surface area contributed by atoms with Crippen molar-refractivity contribution in [3.63, 3.8) is 0 Å². The zero-order valence-electron chi connectivity index (χ0n) is 15.9. The Morgan fingerprint density at radius 1 is 1.19 bits per heavy atom. The van der Waals surface area contributed by atoms with Crippen molar-refractivity contribution in [1.29, 1.82) is 0 Å². The molecule has 0 radical (unpaired) electrons. The van der Waals surface area contributed by atoms with E-state index in [1.807, 2.05) is 55.8 Å². The molecule has 1 amide bonds. The Bertz CT molecular complexity index is 1030. The van der Waals surface area contributed by atoms with Crippen LogP contribution in [0.25, 0.3) is 11.0 Å². The molecule has 2 heterocycles. The molecule has 2 aromatic carbocycles. The third-order valence-electron chi connectivity index (χ3n) is 5.28. The fourth-order valence-corrected chi connectivity index (χ4v) is 3.26. The molecule has 0 fully saturated rings. The molecule has 0 atom stereocenters. The third-order valence-corrected chi connectivity index (χ3v) is 5.28. The summed E-state index contributed by atoms with van der Waals surface area (Å²) in [6.45, 7) is 6.99. The van der Waals surface area contributed by atoms with Crippen molar-refractivity contribution in [1.82, 2.24) is 19.9 Å². The van der Waals surface area contributed by atoms with Gasteiger partial charge in [0.15, 0.2) is 11.5 Å². The first kappa shape index (κ1) is 17.3. The van der Waals surface area contributed by atoms with Gasteiger partial charge in [0.05, 0.1) is 11.1 Å². The van der Waals surface area contributed by atoms with Crippen LogP contribution in [0, 0.1) is 0 Å². The van der Waals surface area contributed by atoms with E-state index in [0.29, 0.717) is 11.3 Å². The van der Waals surface area contributed by atoms with Crippen LogP contribution in [0.2, 0.25) is 0 Å². The summed E-state index contributed by atoms with van der Waals surface area (Å²) in [4.78, 5) is 14.9. The Morgan fingerprint density at radius 2 is 1.96 bits per heavy atom. The van der Waals surface area contributed by atoms with Crippen molar-refractivity contribution in [2.45, 2.75) is 32.9 Å². The van der Waals surface area contributed by atoms with Crippen molar-refractivity contribution >= 4 is 16.9 Å². The second-order valence-electron chi connectivity index (χ2n) is 7.10. The molecule has 140 valence electrons. The Kier molecular flexibility index (Phi) is 4.02. The van der Waals surface area contributed by atoms with Crippen LogP contribution in [-0.2, 0) is 12.1 Å². The Morgan fingerprint density at radius 3 is 2.74 bits per heavy atom. The Hall–Kier alpha value is -3.09. The van der Waals surface area contributed by atoms with Crippen molar-refractivity contribution in [3.8, 4) is 11.5 Å². The number of hydrogen-bond donors (Lipinski definition) is 0. The summed E-state index contributed by atoms with van der Waals surface area (Å²) in [7, 11) is 1.81. The highest BCUT2D eigenvalue weighted by atomic mass is 16.7. The Balaban J connectivity index is 1.64. The van der Waals surface area contributed by atoms with Gasteiger partial charge in [-0.25, -0.2) is 4.68 Å². The minimum Gasteiger partial charge on any atom is -0.454 e. The molecule has 7 heteroatoms. The quantitative estimate of drug-likeness (QED) is 0.709. The summed E-state index contributed by atoms with van der Waals surface area (Å²) in [5.41, 5.74) is 2.67. The van der Waals surface area contributed by atoms with E-state index >= 15 is 0 Å². The monoisotopic (exact) mass is 366 g/mol. The summed E-state index contributed by atoms with van der Waals surface area (Å²) < 4.78 is 12.7. The first-order valence-electron chi connectivity index (χ1n) is 8.93. The van der Waals surface area contributed by atoms with Gasteiger partial charge in [-0.3, -0.25) is 4.79 Å². The van der Waals surface area contributed by atoms with Gasteiger partial charge < -0.3 is 14.4 Å². The fourth-order valence-electron chi connectivity index (χ4n) is 3.26. The first-order valence-corrected chi connectivity index (χ1v) is 8.93. The number of amides is 1. The topological polar surface area (TPSA) is 69.5 Å². The van der Waals surface area contributed by atoms with Crippen LogP contribution < -0.4 is 9.47 Å². The maximum absolute atomic E-state index is 13.1. The maximum atomic E-state index is 13.1. The molecule has 3 aromatic rings. The number of rotatable bonds is 4. The van der Waals surface area contributed by atoms with Crippen LogP contribution in [-0.4, -0.2) is 39.6 Å². The summed E-state index contributed by atoms with van der Waals surface area (Å²) in [6, 6.07) is 11.3. The summed E-state index contributed by atoms with van der Waals surface area (Å²) >= 11 is 0. The van der Waals surface area contributed by atoms with Gasteiger partial charge in [0.25, 0.3) is 5.91 Å². The minimum atomic E-state index is -0.534. The van der Waals surface area contributed by atoms with Crippen molar-refractivity contribution < 1.29 is 14.3 Å². The number of fused-ring (bicyclic) bond motifs is 2. The number of ether oxygens (including phenoxy) is 2. The second-order valence-corrected chi connectivity index (χ2v) is 7.10. The molecule has 0 N–H and O–H groups in total. The van der Waals surface area contributed by atoms with Gasteiger partial charge >= 0.3 is 0 Å². The zero-order valence-corrected chi connectivity index (χ0v) is 15.9. The van der Waals surface area contributed by atoms with E-state index in [9.17, 15) is 4.79 Å². The number of aryl methyl sites for hydroxylation is 1. The van der Waals surface area contributed by atoms with Crippen LogP contribution in [0.15, 0.2) is 36.4 Å². The van der Waals surface area contributed by atoms with Gasteiger partial charge in [-0.2, -0.15) is 0 Å². The lowest BCUT2D eigenvalue weighted by Gasteiger charge is -2.36. The van der Waals surface area contributed by atoms with E-state index < -0.39 is 5.54 Å². The highest BCUT2D eigenvalue weighted by Crippen LogP contribution is 2.37. The summed E-state index contributed by atoms with van der Waals surface area (Å²) in [5.74, 6) is 1.36. The largest absolute Gasteiger partial charge is 0.454 e. The van der Waals surface area contributed by atoms with Crippen LogP contribution in [0.5, 0.6) is 11.5 Å². The fraction of sp³-hybridized carbons (Fsp3) is 0.350. The molecule has 0 saturated carbocycles. The average molecular weight is 366 g/mol. The highest BCUT2D eigenvalue weighted by molar-refractivity contribution is 5.97. The molecular formula is C20H22N4O3. The molecule has 4 rings (SSSR count). The van der Waals surface area contributed by atoms with Crippen LogP contribution in [0.4, 0.5) is 0 Å². The Labute approximate surface area is 157 Å². The molecule has 0 bridgehead atoms. The third kappa shape index (κ3) is 2.79. The molecule has 0 saturated heterocycles. The number of nitrogens with zero attached hydrogens (tertiary/aromatic N) is 4. The highest BCUT2D eigenvalue weighted by Gasteiger charge is 2.32. The van der Waals surface area contributed by atoms with Gasteiger partial charge in [-0.15, -0.1) is 5.10 Å². The van der Waals surface area contributed by atoms with E-state index in [1.54, 1.807) is 18.0 Å². The van der Waals surface area contributed by atoms with Crippen LogP contribution >= 0.6 is 0 Å². The second kappa shape index (κ2) is 6.26.